The molecule has 192 valence electrons. The maximum Gasteiger partial charge on any atom is 0.433 e. The van der Waals surface area contributed by atoms with Gasteiger partial charge in [-0.25, -0.2) is 14.4 Å². The van der Waals surface area contributed by atoms with Gasteiger partial charge in [-0.2, -0.15) is 13.2 Å². The lowest BCUT2D eigenvalue weighted by Crippen LogP contribution is -2.24. The summed E-state index contributed by atoms with van der Waals surface area (Å²) < 4.78 is 61.7. The number of aryl methyl sites for hydroxylation is 1. The van der Waals surface area contributed by atoms with Gasteiger partial charge in [0.15, 0.2) is 5.65 Å². The lowest BCUT2D eigenvalue weighted by molar-refractivity contribution is -0.141. The minimum atomic E-state index is -4.58. The first kappa shape index (κ1) is 25.3. The zero-order valence-corrected chi connectivity index (χ0v) is 20.6. The summed E-state index contributed by atoms with van der Waals surface area (Å²) in [4.78, 5) is 25.8. The predicted molar refractivity (Wildman–Crippen MR) is 129 cm³/mol. The first-order valence-electron chi connectivity index (χ1n) is 11.5. The molecule has 0 N–H and O–H groups in total. The number of hydrogen-bond acceptors (Lipinski definition) is 5. The fourth-order valence-electron chi connectivity index (χ4n) is 4.51. The van der Waals surface area contributed by atoms with E-state index in [2.05, 4.69) is 9.97 Å². The Morgan fingerprint density at radius 2 is 1.92 bits per heavy atom. The van der Waals surface area contributed by atoms with Crippen molar-refractivity contribution in [1.29, 1.82) is 0 Å². The van der Waals surface area contributed by atoms with Crippen molar-refractivity contribution in [2.45, 2.75) is 44.9 Å². The second-order valence-electron chi connectivity index (χ2n) is 9.01. The summed E-state index contributed by atoms with van der Waals surface area (Å²) >= 11 is 5.94. The quantitative estimate of drug-likeness (QED) is 0.293. The van der Waals surface area contributed by atoms with E-state index in [1.54, 1.807) is 20.0 Å². The molecule has 0 saturated carbocycles. The molecular formula is C26H21ClF4N4O2. The van der Waals surface area contributed by atoms with Gasteiger partial charge < -0.3 is 4.74 Å². The predicted octanol–water partition coefficient (Wildman–Crippen LogP) is 6.21. The molecule has 5 rings (SSSR count). The molecule has 0 aliphatic carbocycles. The van der Waals surface area contributed by atoms with E-state index >= 15 is 0 Å². The largest absolute Gasteiger partial charge is 0.433 e. The first-order chi connectivity index (χ1) is 17.5. The Morgan fingerprint density at radius 3 is 2.65 bits per heavy atom. The van der Waals surface area contributed by atoms with Crippen molar-refractivity contribution < 1.29 is 22.3 Å². The van der Waals surface area contributed by atoms with Gasteiger partial charge in [0.1, 0.15) is 17.2 Å². The van der Waals surface area contributed by atoms with E-state index in [4.69, 9.17) is 21.3 Å². The highest BCUT2D eigenvalue weighted by atomic mass is 35.5. The molecule has 0 amide bonds. The third kappa shape index (κ3) is 4.83. The van der Waals surface area contributed by atoms with Crippen LogP contribution in [0.15, 0.2) is 47.5 Å². The average molecular weight is 533 g/mol. The van der Waals surface area contributed by atoms with Gasteiger partial charge in [0.25, 0.3) is 5.56 Å². The van der Waals surface area contributed by atoms with E-state index in [1.807, 2.05) is 0 Å². The maximum atomic E-state index is 15.0. The lowest BCUT2D eigenvalue weighted by Gasteiger charge is -2.30. The molecule has 0 unspecified atom stereocenters. The van der Waals surface area contributed by atoms with Crippen molar-refractivity contribution in [3.8, 4) is 11.3 Å². The van der Waals surface area contributed by atoms with Crippen LogP contribution < -0.4 is 5.56 Å². The highest BCUT2D eigenvalue weighted by Crippen LogP contribution is 2.39. The van der Waals surface area contributed by atoms with E-state index < -0.39 is 23.8 Å². The SMILES string of the molecule is Cc1nc2c(-c3ccc(Cl)cc3F)nc([C@H]3CCO[C@@H](c4ccnc(C(F)(F)F)c4)C3)cn2c(=O)c1C. The topological polar surface area (TPSA) is 69.4 Å². The van der Waals surface area contributed by atoms with Crippen LogP contribution in [0.4, 0.5) is 17.6 Å². The summed E-state index contributed by atoms with van der Waals surface area (Å²) in [6.45, 7) is 3.62. The normalized spacial score (nSPS) is 18.4. The van der Waals surface area contributed by atoms with Crippen LogP contribution in [0.1, 0.15) is 53.1 Å². The molecule has 0 bridgehead atoms. The van der Waals surface area contributed by atoms with E-state index in [0.717, 1.165) is 18.3 Å². The van der Waals surface area contributed by atoms with Crippen molar-refractivity contribution in [1.82, 2.24) is 19.4 Å². The van der Waals surface area contributed by atoms with Gasteiger partial charge in [-0.15, -0.1) is 0 Å². The van der Waals surface area contributed by atoms with Crippen molar-refractivity contribution in [2.75, 3.05) is 6.61 Å². The van der Waals surface area contributed by atoms with Gasteiger partial charge in [-0.05, 0) is 62.6 Å². The number of fused-ring (bicyclic) bond motifs is 1. The van der Waals surface area contributed by atoms with E-state index in [0.29, 0.717) is 35.4 Å². The molecule has 11 heteroatoms. The van der Waals surface area contributed by atoms with Crippen molar-refractivity contribution in [3.63, 3.8) is 0 Å². The van der Waals surface area contributed by atoms with Gasteiger partial charge in [-0.3, -0.25) is 14.2 Å². The molecule has 1 aliphatic heterocycles. The van der Waals surface area contributed by atoms with Gasteiger partial charge in [0, 0.05) is 46.8 Å². The number of alkyl halides is 3. The number of aromatic nitrogens is 4. The molecule has 1 aliphatic rings. The van der Waals surface area contributed by atoms with Crippen molar-refractivity contribution in [3.05, 3.63) is 92.1 Å². The van der Waals surface area contributed by atoms with Gasteiger partial charge in [0.2, 0.25) is 0 Å². The van der Waals surface area contributed by atoms with Gasteiger partial charge in [0.05, 0.1) is 11.8 Å². The molecule has 3 aromatic heterocycles. The second-order valence-corrected chi connectivity index (χ2v) is 9.45. The average Bonchev–Trinajstić information content (AvgIpc) is 2.87. The summed E-state index contributed by atoms with van der Waals surface area (Å²) in [5.41, 5.74) is 0.982. The number of rotatable bonds is 3. The van der Waals surface area contributed by atoms with Crippen molar-refractivity contribution >= 4 is 17.2 Å². The molecule has 1 fully saturated rings. The minimum Gasteiger partial charge on any atom is -0.373 e. The third-order valence-corrected chi connectivity index (χ3v) is 6.87. The number of benzene rings is 1. The standard InChI is InChI=1S/C26H21ClF4N4O2/c1-13-14(2)33-24-23(18-4-3-17(27)11-19(18)28)34-20(12-35(24)25(13)36)15-6-8-37-21(9-15)16-5-7-32-22(10-16)26(29,30)31/h3-5,7,10-12,15,21H,6,8-9H2,1-2H3/t15-,21+/m0/s1. The molecule has 4 heterocycles. The number of pyridine rings is 1. The van der Waals surface area contributed by atoms with Crippen LogP contribution in [0.5, 0.6) is 0 Å². The highest BCUT2D eigenvalue weighted by Gasteiger charge is 2.34. The second kappa shape index (κ2) is 9.50. The Hall–Kier alpha value is -3.37. The summed E-state index contributed by atoms with van der Waals surface area (Å²) in [5, 5.41) is 0.210. The Bertz CT molecular complexity index is 1570. The van der Waals surface area contributed by atoms with Gasteiger partial charge in [-0.1, -0.05) is 11.6 Å². The van der Waals surface area contributed by atoms with Crippen LogP contribution in [0.3, 0.4) is 0 Å². The summed E-state index contributed by atoms with van der Waals surface area (Å²) in [6.07, 6.45) is -1.69. The smallest absolute Gasteiger partial charge is 0.373 e. The van der Waals surface area contributed by atoms with Crippen LogP contribution in [0, 0.1) is 19.7 Å². The summed E-state index contributed by atoms with van der Waals surface area (Å²) in [5.74, 6) is -0.888. The van der Waals surface area contributed by atoms with Crippen LogP contribution in [0.2, 0.25) is 5.02 Å². The Balaban J connectivity index is 1.62. The molecule has 1 saturated heterocycles. The molecule has 4 aromatic rings. The van der Waals surface area contributed by atoms with E-state index in [1.165, 1.54) is 22.6 Å². The zero-order chi connectivity index (χ0) is 26.5. The molecule has 1 aromatic carbocycles. The van der Waals surface area contributed by atoms with Crippen molar-refractivity contribution in [2.24, 2.45) is 0 Å². The van der Waals surface area contributed by atoms with Crippen LogP contribution >= 0.6 is 11.6 Å². The molecule has 2 atom stereocenters. The fourth-order valence-corrected chi connectivity index (χ4v) is 4.67. The molecule has 6 nitrogen and oxygen atoms in total. The minimum absolute atomic E-state index is 0.131. The fraction of sp³-hybridized carbons (Fsp3) is 0.308. The molecule has 0 spiro atoms. The van der Waals surface area contributed by atoms with Crippen LogP contribution in [-0.2, 0) is 10.9 Å². The monoisotopic (exact) mass is 532 g/mol. The Morgan fingerprint density at radius 1 is 1.14 bits per heavy atom. The number of nitrogens with zero attached hydrogens (tertiary/aromatic N) is 4. The number of halogens is 5. The number of ether oxygens (including phenoxy) is 1. The zero-order valence-electron chi connectivity index (χ0n) is 19.8. The first-order valence-corrected chi connectivity index (χ1v) is 11.9. The Kier molecular flexibility index (Phi) is 6.49. The molecule has 0 radical (unpaired) electrons. The van der Waals surface area contributed by atoms with Gasteiger partial charge >= 0.3 is 6.18 Å². The molecular weight excluding hydrogens is 512 g/mol. The molecule has 37 heavy (non-hydrogen) atoms. The summed E-state index contributed by atoms with van der Waals surface area (Å²) in [6, 6.07) is 6.64. The lowest BCUT2D eigenvalue weighted by atomic mass is 9.89. The highest BCUT2D eigenvalue weighted by molar-refractivity contribution is 6.30. The van der Waals surface area contributed by atoms with Crippen LogP contribution in [-0.4, -0.2) is 26.0 Å². The third-order valence-electron chi connectivity index (χ3n) is 6.63. The maximum absolute atomic E-state index is 15.0. The number of hydrogen-bond donors (Lipinski definition) is 0. The van der Waals surface area contributed by atoms with E-state index in [9.17, 15) is 22.4 Å². The summed E-state index contributed by atoms with van der Waals surface area (Å²) in [7, 11) is 0. The van der Waals surface area contributed by atoms with Crippen LogP contribution in [0.25, 0.3) is 16.9 Å². The Labute approximate surface area is 213 Å². The van der Waals surface area contributed by atoms with E-state index in [-0.39, 0.29) is 40.0 Å².